The van der Waals surface area contributed by atoms with Crippen molar-refractivity contribution in [2.24, 2.45) is 5.92 Å². The number of nitrogens with one attached hydrogen (secondary N) is 1. The summed E-state index contributed by atoms with van der Waals surface area (Å²) in [6.45, 7) is 7.17. The molecule has 0 aromatic heterocycles. The lowest BCUT2D eigenvalue weighted by Gasteiger charge is -2.45. The highest BCUT2D eigenvalue weighted by Gasteiger charge is 2.35. The first kappa shape index (κ1) is 11.3. The van der Waals surface area contributed by atoms with E-state index in [9.17, 15) is 4.39 Å². The van der Waals surface area contributed by atoms with Crippen LogP contribution < -0.4 is 5.32 Å². The highest BCUT2D eigenvalue weighted by atomic mass is 19.1. The molecule has 0 radical (unpaired) electrons. The zero-order valence-electron chi connectivity index (χ0n) is 9.88. The number of halogens is 1. The Labute approximate surface area is 92.2 Å². The van der Waals surface area contributed by atoms with Crippen LogP contribution in [0, 0.1) is 5.92 Å². The molecule has 1 N–H and O–H groups in total. The SMILES string of the molecule is CC1CCCN(C2CCNCC2F)C1C. The largest absolute Gasteiger partial charge is 0.314 e. The van der Waals surface area contributed by atoms with Crippen LogP contribution in [0.4, 0.5) is 4.39 Å². The summed E-state index contributed by atoms with van der Waals surface area (Å²) in [7, 11) is 0. The molecule has 2 rings (SSSR count). The fourth-order valence-corrected chi connectivity index (χ4v) is 3.02. The Morgan fingerprint density at radius 2 is 2.07 bits per heavy atom. The molecule has 15 heavy (non-hydrogen) atoms. The highest BCUT2D eigenvalue weighted by Crippen LogP contribution is 2.28. The van der Waals surface area contributed by atoms with Crippen LogP contribution >= 0.6 is 0 Å². The number of nitrogens with zero attached hydrogens (tertiary/aromatic N) is 1. The van der Waals surface area contributed by atoms with Crippen LogP contribution in [0.15, 0.2) is 0 Å². The molecule has 0 bridgehead atoms. The highest BCUT2D eigenvalue weighted by molar-refractivity contribution is 4.91. The molecule has 0 spiro atoms. The minimum Gasteiger partial charge on any atom is -0.314 e. The van der Waals surface area contributed by atoms with E-state index >= 15 is 0 Å². The van der Waals surface area contributed by atoms with Crippen LogP contribution in [0.1, 0.15) is 33.1 Å². The first-order chi connectivity index (χ1) is 7.20. The van der Waals surface area contributed by atoms with Gasteiger partial charge in [-0.25, -0.2) is 4.39 Å². The Kier molecular flexibility index (Phi) is 3.62. The summed E-state index contributed by atoms with van der Waals surface area (Å²) >= 11 is 0. The number of hydrogen-bond acceptors (Lipinski definition) is 2. The lowest BCUT2D eigenvalue weighted by Crippen LogP contribution is -2.56. The van der Waals surface area contributed by atoms with Crippen molar-refractivity contribution >= 4 is 0 Å². The van der Waals surface area contributed by atoms with Crippen molar-refractivity contribution in [2.75, 3.05) is 19.6 Å². The molecule has 0 aromatic carbocycles. The molecule has 2 fully saturated rings. The summed E-state index contributed by atoms with van der Waals surface area (Å²) in [4.78, 5) is 2.42. The molecule has 2 heterocycles. The number of likely N-dealkylation sites (tertiary alicyclic amines) is 1. The Morgan fingerprint density at radius 1 is 1.27 bits per heavy atom. The maximum atomic E-state index is 13.8. The van der Waals surface area contributed by atoms with Gasteiger partial charge in [-0.2, -0.15) is 0 Å². The third-order valence-corrected chi connectivity index (χ3v) is 4.22. The molecule has 0 aliphatic carbocycles. The van der Waals surface area contributed by atoms with E-state index in [2.05, 4.69) is 24.1 Å². The molecule has 0 amide bonds. The third-order valence-electron chi connectivity index (χ3n) is 4.22. The Hall–Kier alpha value is -0.150. The van der Waals surface area contributed by atoms with Gasteiger partial charge in [0, 0.05) is 18.6 Å². The van der Waals surface area contributed by atoms with E-state index in [1.165, 1.54) is 12.8 Å². The zero-order valence-corrected chi connectivity index (χ0v) is 9.88. The van der Waals surface area contributed by atoms with Crippen molar-refractivity contribution in [3.63, 3.8) is 0 Å². The van der Waals surface area contributed by atoms with Crippen molar-refractivity contribution in [1.29, 1.82) is 0 Å². The first-order valence-electron chi connectivity index (χ1n) is 6.30. The fourth-order valence-electron chi connectivity index (χ4n) is 3.02. The number of hydrogen-bond donors (Lipinski definition) is 1. The van der Waals surface area contributed by atoms with Crippen molar-refractivity contribution in [1.82, 2.24) is 10.2 Å². The van der Waals surface area contributed by atoms with Crippen LogP contribution in [0.3, 0.4) is 0 Å². The normalized spacial score (nSPS) is 44.2. The van der Waals surface area contributed by atoms with Gasteiger partial charge < -0.3 is 5.32 Å². The second-order valence-corrected chi connectivity index (χ2v) is 5.17. The van der Waals surface area contributed by atoms with Gasteiger partial charge in [0.2, 0.25) is 0 Å². The second-order valence-electron chi connectivity index (χ2n) is 5.17. The number of rotatable bonds is 1. The monoisotopic (exact) mass is 214 g/mol. The van der Waals surface area contributed by atoms with E-state index in [0.717, 1.165) is 25.4 Å². The van der Waals surface area contributed by atoms with Crippen molar-refractivity contribution in [3.05, 3.63) is 0 Å². The standard InChI is InChI=1S/C12H23FN2/c1-9-4-3-7-15(10(9)2)12-5-6-14-8-11(12)13/h9-12,14H,3-8H2,1-2H3. The summed E-state index contributed by atoms with van der Waals surface area (Å²) in [5.74, 6) is 0.723. The van der Waals surface area contributed by atoms with Crippen LogP contribution in [-0.4, -0.2) is 42.8 Å². The molecule has 0 saturated carbocycles. The zero-order chi connectivity index (χ0) is 10.8. The number of piperidine rings is 2. The summed E-state index contributed by atoms with van der Waals surface area (Å²) in [6, 6.07) is 0.726. The maximum absolute atomic E-state index is 13.8. The molecule has 88 valence electrons. The van der Waals surface area contributed by atoms with Crippen LogP contribution in [0.25, 0.3) is 0 Å². The van der Waals surface area contributed by atoms with Gasteiger partial charge in [-0.05, 0) is 45.2 Å². The molecule has 2 nitrogen and oxygen atoms in total. The van der Waals surface area contributed by atoms with Gasteiger partial charge in [0.1, 0.15) is 6.17 Å². The van der Waals surface area contributed by atoms with Crippen molar-refractivity contribution in [3.8, 4) is 0 Å². The Morgan fingerprint density at radius 3 is 2.80 bits per heavy atom. The van der Waals surface area contributed by atoms with Gasteiger partial charge in [-0.15, -0.1) is 0 Å². The van der Waals surface area contributed by atoms with E-state index < -0.39 is 6.17 Å². The van der Waals surface area contributed by atoms with Gasteiger partial charge in [-0.3, -0.25) is 4.90 Å². The minimum atomic E-state index is -0.675. The molecule has 4 atom stereocenters. The van der Waals surface area contributed by atoms with Gasteiger partial charge >= 0.3 is 0 Å². The van der Waals surface area contributed by atoms with Gasteiger partial charge in [0.05, 0.1) is 0 Å². The summed E-state index contributed by atoms with van der Waals surface area (Å²) in [5, 5.41) is 3.13. The average molecular weight is 214 g/mol. The van der Waals surface area contributed by atoms with E-state index in [1.54, 1.807) is 0 Å². The summed E-state index contributed by atoms with van der Waals surface area (Å²) in [6.07, 6.45) is 2.84. The van der Waals surface area contributed by atoms with Crippen molar-refractivity contribution < 1.29 is 4.39 Å². The average Bonchev–Trinajstić information content (AvgIpc) is 2.23. The maximum Gasteiger partial charge on any atom is 0.128 e. The quantitative estimate of drug-likeness (QED) is 0.716. The summed E-state index contributed by atoms with van der Waals surface area (Å²) < 4.78 is 13.8. The molecule has 2 saturated heterocycles. The minimum absolute atomic E-state index is 0.170. The molecule has 0 aromatic rings. The van der Waals surface area contributed by atoms with E-state index in [0.29, 0.717) is 12.6 Å². The van der Waals surface area contributed by atoms with Crippen LogP contribution in [-0.2, 0) is 0 Å². The number of alkyl halides is 1. The van der Waals surface area contributed by atoms with E-state index in [-0.39, 0.29) is 6.04 Å². The molecule has 4 unspecified atom stereocenters. The van der Waals surface area contributed by atoms with E-state index in [4.69, 9.17) is 0 Å². The smallest absolute Gasteiger partial charge is 0.128 e. The Balaban J connectivity index is 2.01. The van der Waals surface area contributed by atoms with Gasteiger partial charge in [0.15, 0.2) is 0 Å². The molecular weight excluding hydrogens is 191 g/mol. The Bertz CT molecular complexity index is 210. The topological polar surface area (TPSA) is 15.3 Å². The van der Waals surface area contributed by atoms with Gasteiger partial charge in [-0.1, -0.05) is 6.92 Å². The van der Waals surface area contributed by atoms with Gasteiger partial charge in [0.25, 0.3) is 0 Å². The fraction of sp³-hybridized carbons (Fsp3) is 1.00. The molecule has 3 heteroatoms. The van der Waals surface area contributed by atoms with Crippen molar-refractivity contribution in [2.45, 2.75) is 51.4 Å². The summed E-state index contributed by atoms with van der Waals surface area (Å²) in [5.41, 5.74) is 0. The molecular formula is C12H23FN2. The van der Waals surface area contributed by atoms with Crippen LogP contribution in [0.2, 0.25) is 0 Å². The third kappa shape index (κ3) is 2.34. The molecule has 2 aliphatic rings. The second kappa shape index (κ2) is 4.79. The predicted molar refractivity (Wildman–Crippen MR) is 60.7 cm³/mol. The molecule has 2 aliphatic heterocycles. The van der Waals surface area contributed by atoms with Crippen LogP contribution in [0.5, 0.6) is 0 Å². The lowest BCUT2D eigenvalue weighted by atomic mass is 9.88. The first-order valence-corrected chi connectivity index (χ1v) is 6.30. The lowest BCUT2D eigenvalue weighted by molar-refractivity contribution is 0.0139. The van der Waals surface area contributed by atoms with E-state index in [1.807, 2.05) is 0 Å². The predicted octanol–water partition coefficient (Wildman–Crippen LogP) is 1.81.